The Labute approximate surface area is 74.6 Å². The van der Waals surface area contributed by atoms with E-state index in [4.69, 9.17) is 0 Å². The van der Waals surface area contributed by atoms with Gasteiger partial charge >= 0.3 is 0 Å². The molecule has 0 N–H and O–H groups in total. The van der Waals surface area contributed by atoms with Crippen LogP contribution in [0.4, 0.5) is 0 Å². The Balaban J connectivity index is 2.52. The zero-order chi connectivity index (χ0) is 8.97. The van der Waals surface area contributed by atoms with Crippen LogP contribution in [-0.4, -0.2) is 9.78 Å². The Morgan fingerprint density at radius 2 is 2.25 bits per heavy atom. The second-order valence-corrected chi connectivity index (χ2v) is 3.71. The van der Waals surface area contributed by atoms with Crippen molar-refractivity contribution in [3.63, 3.8) is 0 Å². The summed E-state index contributed by atoms with van der Waals surface area (Å²) in [5, 5.41) is 4.29. The first-order valence-electron chi connectivity index (χ1n) is 4.73. The van der Waals surface area contributed by atoms with E-state index >= 15 is 0 Å². The minimum Gasteiger partial charge on any atom is -0.272 e. The van der Waals surface area contributed by atoms with Gasteiger partial charge in [-0.2, -0.15) is 5.10 Å². The number of hydrogen-bond donors (Lipinski definition) is 0. The van der Waals surface area contributed by atoms with Gasteiger partial charge in [0.2, 0.25) is 0 Å². The number of hydrogen-bond acceptors (Lipinski definition) is 1. The SMILES string of the molecule is CCCc1cnn(CC(C)C)c1. The molecule has 0 saturated carbocycles. The number of rotatable bonds is 4. The zero-order valence-electron chi connectivity index (χ0n) is 8.25. The Morgan fingerprint density at radius 1 is 1.50 bits per heavy atom. The van der Waals surface area contributed by atoms with Crippen molar-refractivity contribution in [2.75, 3.05) is 0 Å². The first-order chi connectivity index (χ1) is 5.72. The molecule has 2 nitrogen and oxygen atoms in total. The summed E-state index contributed by atoms with van der Waals surface area (Å²) in [6.07, 6.45) is 6.49. The van der Waals surface area contributed by atoms with Crippen LogP contribution in [0.5, 0.6) is 0 Å². The fraction of sp³-hybridized carbons (Fsp3) is 0.700. The van der Waals surface area contributed by atoms with Gasteiger partial charge in [-0.1, -0.05) is 27.2 Å². The summed E-state index contributed by atoms with van der Waals surface area (Å²) in [4.78, 5) is 0. The molecule has 0 unspecified atom stereocenters. The highest BCUT2D eigenvalue weighted by molar-refractivity contribution is 5.03. The van der Waals surface area contributed by atoms with Gasteiger partial charge < -0.3 is 0 Å². The van der Waals surface area contributed by atoms with Crippen molar-refractivity contribution in [2.24, 2.45) is 5.92 Å². The predicted molar refractivity (Wildman–Crippen MR) is 51.1 cm³/mol. The third kappa shape index (κ3) is 2.68. The maximum absolute atomic E-state index is 4.29. The summed E-state index contributed by atoms with van der Waals surface area (Å²) < 4.78 is 2.04. The lowest BCUT2D eigenvalue weighted by molar-refractivity contribution is 0.483. The number of nitrogens with zero attached hydrogens (tertiary/aromatic N) is 2. The summed E-state index contributed by atoms with van der Waals surface area (Å²) >= 11 is 0. The normalized spacial score (nSPS) is 11.0. The van der Waals surface area contributed by atoms with Crippen LogP contribution in [0.25, 0.3) is 0 Å². The average molecular weight is 166 g/mol. The van der Waals surface area contributed by atoms with Crippen LogP contribution in [0, 0.1) is 5.92 Å². The van der Waals surface area contributed by atoms with E-state index in [2.05, 4.69) is 32.1 Å². The van der Waals surface area contributed by atoms with Crippen LogP contribution in [0.1, 0.15) is 32.8 Å². The van der Waals surface area contributed by atoms with Gasteiger partial charge in [0, 0.05) is 12.7 Å². The Morgan fingerprint density at radius 3 is 2.83 bits per heavy atom. The van der Waals surface area contributed by atoms with Crippen LogP contribution < -0.4 is 0 Å². The summed E-state index contributed by atoms with van der Waals surface area (Å²) in [5.74, 6) is 0.680. The molecule has 1 rings (SSSR count). The summed E-state index contributed by atoms with van der Waals surface area (Å²) in [6, 6.07) is 0. The van der Waals surface area contributed by atoms with Gasteiger partial charge in [0.25, 0.3) is 0 Å². The molecule has 0 spiro atoms. The summed E-state index contributed by atoms with van der Waals surface area (Å²) in [5.41, 5.74) is 1.36. The first-order valence-corrected chi connectivity index (χ1v) is 4.73. The maximum Gasteiger partial charge on any atom is 0.0521 e. The van der Waals surface area contributed by atoms with Crippen LogP contribution in [0.15, 0.2) is 12.4 Å². The van der Waals surface area contributed by atoms with E-state index in [1.807, 2.05) is 10.9 Å². The van der Waals surface area contributed by atoms with Crippen LogP contribution >= 0.6 is 0 Å². The number of aromatic nitrogens is 2. The summed E-state index contributed by atoms with van der Waals surface area (Å²) in [6.45, 7) is 7.64. The van der Waals surface area contributed by atoms with E-state index in [0.717, 1.165) is 13.0 Å². The van der Waals surface area contributed by atoms with E-state index in [0.29, 0.717) is 5.92 Å². The molecular weight excluding hydrogens is 148 g/mol. The van der Waals surface area contributed by atoms with Crippen molar-refractivity contribution in [2.45, 2.75) is 40.2 Å². The quantitative estimate of drug-likeness (QED) is 0.672. The lowest BCUT2D eigenvalue weighted by atomic mass is 10.2. The molecule has 0 aliphatic rings. The van der Waals surface area contributed by atoms with Gasteiger partial charge in [-0.15, -0.1) is 0 Å². The van der Waals surface area contributed by atoms with Crippen molar-refractivity contribution in [1.82, 2.24) is 9.78 Å². The zero-order valence-corrected chi connectivity index (χ0v) is 8.25. The van der Waals surface area contributed by atoms with Crippen molar-refractivity contribution < 1.29 is 0 Å². The van der Waals surface area contributed by atoms with E-state index in [9.17, 15) is 0 Å². The van der Waals surface area contributed by atoms with Gasteiger partial charge in [0.1, 0.15) is 0 Å². The molecule has 1 aromatic heterocycles. The monoisotopic (exact) mass is 166 g/mol. The molecule has 0 aliphatic carbocycles. The van der Waals surface area contributed by atoms with Crippen molar-refractivity contribution >= 4 is 0 Å². The maximum atomic E-state index is 4.29. The van der Waals surface area contributed by atoms with Crippen molar-refractivity contribution in [3.8, 4) is 0 Å². The molecule has 12 heavy (non-hydrogen) atoms. The van der Waals surface area contributed by atoms with Gasteiger partial charge in [0.05, 0.1) is 6.20 Å². The van der Waals surface area contributed by atoms with Gasteiger partial charge in [0.15, 0.2) is 0 Å². The van der Waals surface area contributed by atoms with Crippen molar-refractivity contribution in [1.29, 1.82) is 0 Å². The predicted octanol–water partition coefficient (Wildman–Crippen LogP) is 2.49. The molecule has 68 valence electrons. The topological polar surface area (TPSA) is 17.8 Å². The minimum atomic E-state index is 0.680. The third-order valence-corrected chi connectivity index (χ3v) is 1.78. The Bertz CT molecular complexity index is 225. The Hall–Kier alpha value is -0.790. The molecule has 1 heterocycles. The molecule has 0 atom stereocenters. The first kappa shape index (κ1) is 9.30. The Kier molecular flexibility index (Phi) is 3.32. The molecule has 0 radical (unpaired) electrons. The van der Waals surface area contributed by atoms with Crippen LogP contribution in [-0.2, 0) is 13.0 Å². The fourth-order valence-electron chi connectivity index (χ4n) is 1.30. The second-order valence-electron chi connectivity index (χ2n) is 3.71. The van der Waals surface area contributed by atoms with E-state index in [1.54, 1.807) is 0 Å². The van der Waals surface area contributed by atoms with Crippen LogP contribution in [0.3, 0.4) is 0 Å². The second kappa shape index (κ2) is 4.29. The highest BCUT2D eigenvalue weighted by Crippen LogP contribution is 2.03. The molecule has 0 aromatic carbocycles. The van der Waals surface area contributed by atoms with E-state index in [1.165, 1.54) is 12.0 Å². The highest BCUT2D eigenvalue weighted by atomic mass is 15.3. The molecule has 0 saturated heterocycles. The average Bonchev–Trinajstić information content (AvgIpc) is 2.36. The fourth-order valence-corrected chi connectivity index (χ4v) is 1.30. The third-order valence-electron chi connectivity index (χ3n) is 1.78. The highest BCUT2D eigenvalue weighted by Gasteiger charge is 1.99. The molecule has 0 bridgehead atoms. The lowest BCUT2D eigenvalue weighted by Crippen LogP contribution is -2.04. The molecule has 0 amide bonds. The van der Waals surface area contributed by atoms with E-state index in [-0.39, 0.29) is 0 Å². The van der Waals surface area contributed by atoms with E-state index < -0.39 is 0 Å². The largest absolute Gasteiger partial charge is 0.272 e. The molecular formula is C10H18N2. The molecule has 0 fully saturated rings. The smallest absolute Gasteiger partial charge is 0.0521 e. The minimum absolute atomic E-state index is 0.680. The molecule has 0 aliphatic heterocycles. The van der Waals surface area contributed by atoms with Crippen LogP contribution in [0.2, 0.25) is 0 Å². The van der Waals surface area contributed by atoms with Gasteiger partial charge in [-0.05, 0) is 17.9 Å². The standard InChI is InChI=1S/C10H18N2/c1-4-5-10-6-11-12(8-10)7-9(2)3/h6,8-9H,4-5,7H2,1-3H3. The molecule has 2 heteroatoms. The lowest BCUT2D eigenvalue weighted by Gasteiger charge is -2.03. The van der Waals surface area contributed by atoms with Gasteiger partial charge in [-0.25, -0.2) is 0 Å². The van der Waals surface area contributed by atoms with Gasteiger partial charge in [-0.3, -0.25) is 4.68 Å². The summed E-state index contributed by atoms with van der Waals surface area (Å²) in [7, 11) is 0. The number of aryl methyl sites for hydroxylation is 1. The molecule has 1 aromatic rings. The van der Waals surface area contributed by atoms with Crippen molar-refractivity contribution in [3.05, 3.63) is 18.0 Å².